The Morgan fingerprint density at radius 2 is 2.06 bits per heavy atom. The second-order valence-corrected chi connectivity index (χ2v) is 5.19. The van der Waals surface area contributed by atoms with Crippen LogP contribution in [0.1, 0.15) is 26.7 Å². The summed E-state index contributed by atoms with van der Waals surface area (Å²) in [6.07, 6.45) is 1.88. The van der Waals surface area contributed by atoms with Crippen molar-refractivity contribution in [1.82, 2.24) is 10.2 Å². The number of piperidine rings is 1. The van der Waals surface area contributed by atoms with Gasteiger partial charge in [0, 0.05) is 18.6 Å². The summed E-state index contributed by atoms with van der Waals surface area (Å²) in [5, 5.41) is 3.02. The van der Waals surface area contributed by atoms with Gasteiger partial charge in [-0.1, -0.05) is 6.92 Å². The number of carbonyl (C=O) groups is 1. The first kappa shape index (κ1) is 13.5. The normalized spacial score (nSPS) is 22.8. The largest absolute Gasteiger partial charge is 0.383 e. The van der Waals surface area contributed by atoms with Crippen LogP contribution in [0.3, 0.4) is 0 Å². The van der Waals surface area contributed by atoms with E-state index in [9.17, 15) is 4.79 Å². The third-order valence-electron chi connectivity index (χ3n) is 3.43. The molecule has 1 saturated heterocycles. The van der Waals surface area contributed by atoms with E-state index in [1.807, 2.05) is 6.92 Å². The van der Waals surface area contributed by atoms with Crippen molar-refractivity contribution in [2.75, 3.05) is 33.9 Å². The van der Waals surface area contributed by atoms with Crippen LogP contribution < -0.4 is 5.32 Å². The molecule has 1 amide bonds. The van der Waals surface area contributed by atoms with Crippen molar-refractivity contribution in [3.63, 3.8) is 0 Å². The zero-order chi connectivity index (χ0) is 12.2. The zero-order valence-electron chi connectivity index (χ0n) is 10.9. The molecule has 4 heteroatoms. The molecule has 1 heterocycles. The van der Waals surface area contributed by atoms with Crippen molar-refractivity contribution in [2.24, 2.45) is 5.41 Å². The van der Waals surface area contributed by atoms with Crippen LogP contribution in [0.5, 0.6) is 0 Å². The smallest absolute Gasteiger partial charge is 0.226 e. The van der Waals surface area contributed by atoms with Gasteiger partial charge in [0.15, 0.2) is 0 Å². The number of nitrogens with zero attached hydrogens (tertiary/aromatic N) is 1. The van der Waals surface area contributed by atoms with Crippen LogP contribution in [0.4, 0.5) is 0 Å². The summed E-state index contributed by atoms with van der Waals surface area (Å²) < 4.78 is 5.02. The summed E-state index contributed by atoms with van der Waals surface area (Å²) in [5.74, 6) is 0.171. The molecule has 1 rings (SSSR count). The van der Waals surface area contributed by atoms with E-state index in [0.29, 0.717) is 6.61 Å². The first-order valence-electron chi connectivity index (χ1n) is 5.96. The highest BCUT2D eigenvalue weighted by atomic mass is 16.5. The summed E-state index contributed by atoms with van der Waals surface area (Å²) in [4.78, 5) is 14.4. The summed E-state index contributed by atoms with van der Waals surface area (Å²) in [6, 6.07) is 0.0916. The van der Waals surface area contributed by atoms with E-state index in [1.54, 1.807) is 7.11 Å². The Hall–Kier alpha value is -0.610. The van der Waals surface area contributed by atoms with Crippen LogP contribution >= 0.6 is 0 Å². The lowest BCUT2D eigenvalue weighted by Gasteiger charge is -2.37. The third-order valence-corrected chi connectivity index (χ3v) is 3.43. The number of rotatable bonds is 4. The van der Waals surface area contributed by atoms with E-state index in [1.165, 1.54) is 0 Å². The summed E-state index contributed by atoms with van der Waals surface area (Å²) >= 11 is 0. The van der Waals surface area contributed by atoms with Gasteiger partial charge >= 0.3 is 0 Å². The van der Waals surface area contributed by atoms with E-state index in [-0.39, 0.29) is 17.4 Å². The molecule has 1 N–H and O–H groups in total. The van der Waals surface area contributed by atoms with Crippen LogP contribution in [-0.2, 0) is 9.53 Å². The number of nitrogens with one attached hydrogen (secondary N) is 1. The van der Waals surface area contributed by atoms with E-state index < -0.39 is 0 Å². The van der Waals surface area contributed by atoms with Crippen molar-refractivity contribution in [2.45, 2.75) is 32.7 Å². The molecule has 94 valence electrons. The number of hydrogen-bond acceptors (Lipinski definition) is 3. The molecule has 0 aromatic carbocycles. The highest BCUT2D eigenvalue weighted by Gasteiger charge is 2.36. The molecule has 0 aliphatic carbocycles. The molecule has 1 atom stereocenters. The van der Waals surface area contributed by atoms with Crippen LogP contribution in [0, 0.1) is 5.41 Å². The minimum atomic E-state index is -0.200. The maximum Gasteiger partial charge on any atom is 0.226 e. The predicted octanol–water partition coefficient (Wildman–Crippen LogP) is 0.869. The molecule has 0 spiro atoms. The molecule has 0 saturated carbocycles. The fraction of sp³-hybridized carbons (Fsp3) is 0.917. The minimum absolute atomic E-state index is 0.0916. The molecule has 1 unspecified atom stereocenters. The van der Waals surface area contributed by atoms with Crippen molar-refractivity contribution < 1.29 is 9.53 Å². The molecule has 4 nitrogen and oxygen atoms in total. The van der Waals surface area contributed by atoms with Crippen molar-refractivity contribution >= 4 is 5.91 Å². The quantitative estimate of drug-likeness (QED) is 0.776. The number of ether oxygens (including phenoxy) is 1. The maximum atomic E-state index is 12.1. The Morgan fingerprint density at radius 1 is 1.50 bits per heavy atom. The lowest BCUT2D eigenvalue weighted by molar-refractivity contribution is -0.133. The van der Waals surface area contributed by atoms with Gasteiger partial charge < -0.3 is 15.0 Å². The molecule has 0 radical (unpaired) electrons. The average Bonchev–Trinajstić information content (AvgIpc) is 2.23. The average molecular weight is 228 g/mol. The molecular formula is C12H24N2O2. The second-order valence-electron chi connectivity index (χ2n) is 5.19. The fourth-order valence-electron chi connectivity index (χ4n) is 2.03. The SMILES string of the molecule is COCC(C)NC(=O)C1(C)CCN(C)CC1. The van der Waals surface area contributed by atoms with Crippen LogP contribution in [0.2, 0.25) is 0 Å². The summed E-state index contributed by atoms with van der Waals surface area (Å²) in [6.45, 7) is 6.61. The Balaban J connectivity index is 2.46. The van der Waals surface area contributed by atoms with Gasteiger partial charge in [0.05, 0.1) is 6.61 Å². The molecule has 1 fully saturated rings. The number of carbonyl (C=O) groups excluding carboxylic acids is 1. The first-order valence-corrected chi connectivity index (χ1v) is 5.96. The molecular weight excluding hydrogens is 204 g/mol. The van der Waals surface area contributed by atoms with Gasteiger partial charge in [0.1, 0.15) is 0 Å². The molecule has 16 heavy (non-hydrogen) atoms. The Morgan fingerprint density at radius 3 is 2.56 bits per heavy atom. The lowest BCUT2D eigenvalue weighted by atomic mass is 9.79. The highest BCUT2D eigenvalue weighted by Crippen LogP contribution is 2.30. The minimum Gasteiger partial charge on any atom is -0.383 e. The van der Waals surface area contributed by atoms with E-state index in [4.69, 9.17) is 4.74 Å². The highest BCUT2D eigenvalue weighted by molar-refractivity contribution is 5.82. The monoisotopic (exact) mass is 228 g/mol. The lowest BCUT2D eigenvalue weighted by Crippen LogP contribution is -2.49. The van der Waals surface area contributed by atoms with Crippen molar-refractivity contribution in [1.29, 1.82) is 0 Å². The van der Waals surface area contributed by atoms with E-state index in [2.05, 4.69) is 24.2 Å². The number of likely N-dealkylation sites (tertiary alicyclic amines) is 1. The molecule has 0 bridgehead atoms. The fourth-order valence-corrected chi connectivity index (χ4v) is 2.03. The maximum absolute atomic E-state index is 12.1. The summed E-state index contributed by atoms with van der Waals surface area (Å²) in [7, 11) is 3.75. The van der Waals surface area contributed by atoms with Crippen LogP contribution in [0.15, 0.2) is 0 Å². The standard InChI is InChI=1S/C12H24N2O2/c1-10(9-16-4)13-11(15)12(2)5-7-14(3)8-6-12/h10H,5-9H2,1-4H3,(H,13,15). The Kier molecular flexibility index (Phi) is 4.74. The van der Waals surface area contributed by atoms with Crippen molar-refractivity contribution in [3.05, 3.63) is 0 Å². The Labute approximate surface area is 98.3 Å². The van der Waals surface area contributed by atoms with E-state index >= 15 is 0 Å². The molecule has 1 aliphatic heterocycles. The van der Waals surface area contributed by atoms with Crippen molar-refractivity contribution in [3.8, 4) is 0 Å². The summed E-state index contributed by atoms with van der Waals surface area (Å²) in [5.41, 5.74) is -0.200. The van der Waals surface area contributed by atoms with Gasteiger partial charge in [0.25, 0.3) is 0 Å². The van der Waals surface area contributed by atoms with Gasteiger partial charge in [-0.05, 0) is 39.9 Å². The van der Waals surface area contributed by atoms with Gasteiger partial charge in [-0.15, -0.1) is 0 Å². The number of amides is 1. The van der Waals surface area contributed by atoms with Gasteiger partial charge in [-0.2, -0.15) is 0 Å². The Bertz CT molecular complexity index is 235. The van der Waals surface area contributed by atoms with Gasteiger partial charge in [-0.25, -0.2) is 0 Å². The number of hydrogen-bond donors (Lipinski definition) is 1. The number of methoxy groups -OCH3 is 1. The van der Waals surface area contributed by atoms with Gasteiger partial charge in [-0.3, -0.25) is 4.79 Å². The predicted molar refractivity (Wildman–Crippen MR) is 64.3 cm³/mol. The third kappa shape index (κ3) is 3.46. The molecule has 1 aliphatic rings. The van der Waals surface area contributed by atoms with Crippen LogP contribution in [-0.4, -0.2) is 50.7 Å². The zero-order valence-corrected chi connectivity index (χ0v) is 10.9. The molecule has 0 aromatic heterocycles. The topological polar surface area (TPSA) is 41.6 Å². The first-order chi connectivity index (χ1) is 7.48. The molecule has 0 aromatic rings. The van der Waals surface area contributed by atoms with Gasteiger partial charge in [0.2, 0.25) is 5.91 Å². The second kappa shape index (κ2) is 5.64. The van der Waals surface area contributed by atoms with Crippen LogP contribution in [0.25, 0.3) is 0 Å². The van der Waals surface area contributed by atoms with E-state index in [0.717, 1.165) is 25.9 Å².